The van der Waals surface area contributed by atoms with Crippen LogP contribution in [0.4, 0.5) is 0 Å². The van der Waals surface area contributed by atoms with Gasteiger partial charge in [0.15, 0.2) is 5.76 Å². The predicted octanol–water partition coefficient (Wildman–Crippen LogP) is 2.94. The highest BCUT2D eigenvalue weighted by Gasteiger charge is 2.20. The van der Waals surface area contributed by atoms with Crippen molar-refractivity contribution in [1.82, 2.24) is 15.4 Å². The monoisotopic (exact) mass is 265 g/mol. The summed E-state index contributed by atoms with van der Waals surface area (Å²) >= 11 is 0. The van der Waals surface area contributed by atoms with Crippen LogP contribution in [0.5, 0.6) is 0 Å². The molecule has 108 valence electrons. The fourth-order valence-electron chi connectivity index (χ4n) is 2.59. The predicted molar refractivity (Wildman–Crippen MR) is 76.8 cm³/mol. The molecule has 0 aromatic carbocycles. The number of hydrogen-bond acceptors (Lipinski definition) is 4. The van der Waals surface area contributed by atoms with Crippen LogP contribution in [-0.2, 0) is 13.1 Å². The third-order valence-corrected chi connectivity index (χ3v) is 3.76. The molecule has 0 radical (unpaired) electrons. The van der Waals surface area contributed by atoms with Crippen molar-refractivity contribution in [2.75, 3.05) is 7.05 Å². The van der Waals surface area contributed by atoms with Crippen molar-refractivity contribution in [2.45, 2.75) is 71.1 Å². The van der Waals surface area contributed by atoms with Crippen molar-refractivity contribution in [1.29, 1.82) is 0 Å². The molecular formula is C15H27N3O. The Labute approximate surface area is 116 Å². The number of aromatic nitrogens is 1. The molecule has 0 saturated heterocycles. The molecule has 19 heavy (non-hydrogen) atoms. The van der Waals surface area contributed by atoms with Crippen LogP contribution in [0.2, 0.25) is 0 Å². The van der Waals surface area contributed by atoms with Crippen molar-refractivity contribution in [3.63, 3.8) is 0 Å². The van der Waals surface area contributed by atoms with Gasteiger partial charge in [0.05, 0.1) is 12.2 Å². The van der Waals surface area contributed by atoms with E-state index in [-0.39, 0.29) is 5.54 Å². The van der Waals surface area contributed by atoms with Gasteiger partial charge in [0.2, 0.25) is 0 Å². The van der Waals surface area contributed by atoms with Crippen molar-refractivity contribution in [3.8, 4) is 0 Å². The summed E-state index contributed by atoms with van der Waals surface area (Å²) in [6, 6.07) is 2.80. The SMILES string of the molecule is CN(Cc1cc(CNC(C)(C)C)no1)C1CCCC1. The molecule has 0 spiro atoms. The second-order valence-corrected chi connectivity index (χ2v) is 6.74. The van der Waals surface area contributed by atoms with Crippen LogP contribution in [0, 0.1) is 0 Å². The summed E-state index contributed by atoms with van der Waals surface area (Å²) < 4.78 is 5.43. The summed E-state index contributed by atoms with van der Waals surface area (Å²) in [4.78, 5) is 2.40. The average Bonchev–Trinajstić information content (AvgIpc) is 2.96. The molecule has 1 N–H and O–H groups in total. The standard InChI is InChI=1S/C15H27N3O/c1-15(2,3)16-10-12-9-14(19-17-12)11-18(4)13-7-5-6-8-13/h9,13,16H,5-8,10-11H2,1-4H3. The lowest BCUT2D eigenvalue weighted by Gasteiger charge is -2.22. The summed E-state index contributed by atoms with van der Waals surface area (Å²) in [6.07, 6.45) is 5.38. The molecule has 0 atom stereocenters. The van der Waals surface area contributed by atoms with Crippen LogP contribution in [0.1, 0.15) is 57.9 Å². The van der Waals surface area contributed by atoms with Crippen molar-refractivity contribution < 1.29 is 4.52 Å². The maximum atomic E-state index is 5.43. The molecule has 4 heteroatoms. The second kappa shape index (κ2) is 6.06. The van der Waals surface area contributed by atoms with Gasteiger partial charge in [-0.1, -0.05) is 18.0 Å². The lowest BCUT2D eigenvalue weighted by atomic mass is 10.1. The zero-order valence-electron chi connectivity index (χ0n) is 12.7. The fraction of sp³-hybridized carbons (Fsp3) is 0.800. The fourth-order valence-corrected chi connectivity index (χ4v) is 2.59. The van der Waals surface area contributed by atoms with Crippen LogP contribution < -0.4 is 5.32 Å². The number of nitrogens with zero attached hydrogens (tertiary/aromatic N) is 2. The molecule has 1 heterocycles. The molecule has 1 aromatic rings. The van der Waals surface area contributed by atoms with Gasteiger partial charge in [-0.05, 0) is 40.7 Å². The second-order valence-electron chi connectivity index (χ2n) is 6.74. The van der Waals surface area contributed by atoms with E-state index in [4.69, 9.17) is 4.52 Å². The molecule has 0 aliphatic heterocycles. The molecular weight excluding hydrogens is 238 g/mol. The van der Waals surface area contributed by atoms with Crippen LogP contribution in [-0.4, -0.2) is 28.7 Å². The van der Waals surface area contributed by atoms with Gasteiger partial charge in [-0.25, -0.2) is 0 Å². The van der Waals surface area contributed by atoms with E-state index in [1.165, 1.54) is 25.7 Å². The van der Waals surface area contributed by atoms with E-state index in [0.29, 0.717) is 0 Å². The Morgan fingerprint density at radius 3 is 2.68 bits per heavy atom. The molecule has 1 aliphatic rings. The van der Waals surface area contributed by atoms with Crippen molar-refractivity contribution in [2.24, 2.45) is 0 Å². The molecule has 2 rings (SSSR count). The van der Waals surface area contributed by atoms with Crippen molar-refractivity contribution >= 4 is 0 Å². The molecule has 1 aliphatic carbocycles. The zero-order valence-corrected chi connectivity index (χ0v) is 12.7. The van der Waals surface area contributed by atoms with Gasteiger partial charge in [0.25, 0.3) is 0 Å². The molecule has 0 amide bonds. The highest BCUT2D eigenvalue weighted by molar-refractivity contribution is 5.05. The smallest absolute Gasteiger partial charge is 0.151 e. The molecule has 0 bridgehead atoms. The van der Waals surface area contributed by atoms with Gasteiger partial charge in [-0.3, -0.25) is 4.90 Å². The van der Waals surface area contributed by atoms with Gasteiger partial charge >= 0.3 is 0 Å². The Morgan fingerprint density at radius 2 is 2.05 bits per heavy atom. The van der Waals surface area contributed by atoms with Crippen molar-refractivity contribution in [3.05, 3.63) is 17.5 Å². The summed E-state index contributed by atoms with van der Waals surface area (Å²) in [5.74, 6) is 0.972. The minimum Gasteiger partial charge on any atom is -0.360 e. The zero-order chi connectivity index (χ0) is 13.9. The van der Waals surface area contributed by atoms with Gasteiger partial charge in [-0.15, -0.1) is 0 Å². The highest BCUT2D eigenvalue weighted by atomic mass is 16.5. The first-order valence-corrected chi connectivity index (χ1v) is 7.34. The quantitative estimate of drug-likeness (QED) is 0.888. The Balaban J connectivity index is 1.83. The van der Waals surface area contributed by atoms with Gasteiger partial charge < -0.3 is 9.84 Å². The van der Waals surface area contributed by atoms with Gasteiger partial charge in [-0.2, -0.15) is 0 Å². The third kappa shape index (κ3) is 4.62. The van der Waals surface area contributed by atoms with E-state index < -0.39 is 0 Å². The minimum absolute atomic E-state index is 0.111. The molecule has 1 aromatic heterocycles. The molecule has 1 saturated carbocycles. The van der Waals surface area contributed by atoms with Crippen LogP contribution in [0.3, 0.4) is 0 Å². The maximum Gasteiger partial charge on any atom is 0.151 e. The number of hydrogen-bond donors (Lipinski definition) is 1. The largest absolute Gasteiger partial charge is 0.360 e. The Kier molecular flexibility index (Phi) is 4.63. The Hall–Kier alpha value is -0.870. The van der Waals surface area contributed by atoms with Gasteiger partial charge in [0, 0.05) is 24.2 Å². The van der Waals surface area contributed by atoms with Crippen LogP contribution in [0.15, 0.2) is 10.6 Å². The van der Waals surface area contributed by atoms with Crippen LogP contribution >= 0.6 is 0 Å². The normalized spacial score (nSPS) is 17.5. The Bertz CT molecular complexity index is 388. The van der Waals surface area contributed by atoms with E-state index >= 15 is 0 Å². The number of rotatable bonds is 5. The maximum absolute atomic E-state index is 5.43. The van der Waals surface area contributed by atoms with Crippen LogP contribution in [0.25, 0.3) is 0 Å². The van der Waals surface area contributed by atoms with E-state index in [1.54, 1.807) is 0 Å². The average molecular weight is 265 g/mol. The molecule has 4 nitrogen and oxygen atoms in total. The lowest BCUT2D eigenvalue weighted by Crippen LogP contribution is -2.35. The summed E-state index contributed by atoms with van der Waals surface area (Å²) in [5.41, 5.74) is 1.10. The summed E-state index contributed by atoms with van der Waals surface area (Å²) in [5, 5.41) is 7.56. The molecule has 0 unspecified atom stereocenters. The Morgan fingerprint density at radius 1 is 1.37 bits per heavy atom. The van der Waals surface area contributed by atoms with E-state index in [9.17, 15) is 0 Å². The summed E-state index contributed by atoms with van der Waals surface area (Å²) in [7, 11) is 2.19. The number of nitrogens with one attached hydrogen (secondary N) is 1. The van der Waals surface area contributed by atoms with E-state index in [0.717, 1.165) is 30.6 Å². The van der Waals surface area contributed by atoms with Gasteiger partial charge in [0.1, 0.15) is 0 Å². The first kappa shape index (κ1) is 14.5. The topological polar surface area (TPSA) is 41.3 Å². The van der Waals surface area contributed by atoms with E-state index in [2.05, 4.69) is 49.3 Å². The van der Waals surface area contributed by atoms with E-state index in [1.807, 2.05) is 0 Å². The highest BCUT2D eigenvalue weighted by Crippen LogP contribution is 2.23. The molecule has 1 fully saturated rings. The summed E-state index contributed by atoms with van der Waals surface area (Å²) in [6.45, 7) is 8.10. The first-order valence-electron chi connectivity index (χ1n) is 7.34. The first-order chi connectivity index (χ1) is 8.94. The minimum atomic E-state index is 0.111. The lowest BCUT2D eigenvalue weighted by molar-refractivity contribution is 0.209. The third-order valence-electron chi connectivity index (χ3n) is 3.76.